The molecule has 0 atom stereocenters. The number of nitrogens with zero attached hydrogens (tertiary/aromatic N) is 3. The molecule has 0 unspecified atom stereocenters. The van der Waals surface area contributed by atoms with E-state index in [1.54, 1.807) is 47.4 Å². The van der Waals surface area contributed by atoms with Crippen LogP contribution in [0.2, 0.25) is 0 Å². The lowest BCUT2D eigenvalue weighted by Crippen LogP contribution is -2.40. The highest BCUT2D eigenvalue weighted by Gasteiger charge is 2.29. The second kappa shape index (κ2) is 8.88. The molecule has 1 fully saturated rings. The lowest BCUT2D eigenvalue weighted by molar-refractivity contribution is 0.0729. The number of hydrogen-bond acceptors (Lipinski definition) is 6. The minimum atomic E-state index is -3.80. The van der Waals surface area contributed by atoms with Crippen LogP contribution in [-0.2, 0) is 14.8 Å². The number of carbonyl (C=O) groups is 1. The molecule has 1 saturated heterocycles. The Kier molecular flexibility index (Phi) is 6.03. The number of nitrogens with one attached hydrogen (secondary N) is 1. The zero-order chi connectivity index (χ0) is 21.8. The maximum atomic E-state index is 13.1. The van der Waals surface area contributed by atoms with Crippen molar-refractivity contribution in [2.24, 2.45) is 0 Å². The lowest BCUT2D eigenvalue weighted by Gasteiger charge is -2.26. The molecule has 162 valence electrons. The number of amides is 1. The fourth-order valence-corrected chi connectivity index (χ4v) is 4.89. The SMILES string of the molecule is COc1ccc(NC(=O)c2cccc(-n3cccn3)c2)cc1S(=O)(=O)N1CCOCC1. The summed E-state index contributed by atoms with van der Waals surface area (Å²) in [4.78, 5) is 12.8. The molecule has 1 aliphatic heterocycles. The van der Waals surface area contributed by atoms with Crippen LogP contribution in [0.1, 0.15) is 10.4 Å². The Balaban J connectivity index is 1.60. The van der Waals surface area contributed by atoms with Crippen molar-refractivity contribution in [1.29, 1.82) is 0 Å². The van der Waals surface area contributed by atoms with Crippen molar-refractivity contribution in [2.75, 3.05) is 38.7 Å². The standard InChI is InChI=1S/C21H22N4O5S/c1-29-19-7-6-17(15-20(19)31(27,28)24-10-12-30-13-11-24)23-21(26)16-4-2-5-18(14-16)25-9-3-8-22-25/h2-9,14-15H,10-13H2,1H3,(H,23,26). The largest absolute Gasteiger partial charge is 0.495 e. The molecule has 10 heteroatoms. The van der Waals surface area contributed by atoms with Crippen molar-refractivity contribution in [3.8, 4) is 11.4 Å². The molecule has 4 rings (SSSR count). The molecule has 31 heavy (non-hydrogen) atoms. The fraction of sp³-hybridized carbons (Fsp3) is 0.238. The van der Waals surface area contributed by atoms with Gasteiger partial charge in [-0.1, -0.05) is 6.07 Å². The Morgan fingerprint density at radius 3 is 2.65 bits per heavy atom. The van der Waals surface area contributed by atoms with Crippen LogP contribution >= 0.6 is 0 Å². The van der Waals surface area contributed by atoms with Crippen molar-refractivity contribution in [1.82, 2.24) is 14.1 Å². The summed E-state index contributed by atoms with van der Waals surface area (Å²) in [6.45, 7) is 1.21. The van der Waals surface area contributed by atoms with Gasteiger partial charge in [-0.25, -0.2) is 13.1 Å². The van der Waals surface area contributed by atoms with Crippen molar-refractivity contribution >= 4 is 21.6 Å². The molecular weight excluding hydrogens is 420 g/mol. The van der Waals surface area contributed by atoms with E-state index in [1.807, 2.05) is 6.07 Å². The van der Waals surface area contributed by atoms with Crippen molar-refractivity contribution < 1.29 is 22.7 Å². The fourth-order valence-electron chi connectivity index (χ4n) is 3.30. The lowest BCUT2D eigenvalue weighted by atomic mass is 10.2. The topological polar surface area (TPSA) is 103 Å². The van der Waals surface area contributed by atoms with Crippen LogP contribution < -0.4 is 10.1 Å². The average molecular weight is 442 g/mol. The van der Waals surface area contributed by atoms with E-state index in [-0.39, 0.29) is 29.6 Å². The minimum Gasteiger partial charge on any atom is -0.495 e. The van der Waals surface area contributed by atoms with Crippen LogP contribution in [0.5, 0.6) is 5.75 Å². The first-order chi connectivity index (χ1) is 15.0. The monoisotopic (exact) mass is 442 g/mol. The summed E-state index contributed by atoms with van der Waals surface area (Å²) in [6, 6.07) is 13.3. The van der Waals surface area contributed by atoms with Crippen LogP contribution in [0.4, 0.5) is 5.69 Å². The van der Waals surface area contributed by atoms with Gasteiger partial charge in [-0.3, -0.25) is 4.79 Å². The predicted molar refractivity (Wildman–Crippen MR) is 114 cm³/mol. The van der Waals surface area contributed by atoms with E-state index in [9.17, 15) is 13.2 Å². The van der Waals surface area contributed by atoms with E-state index in [0.29, 0.717) is 24.5 Å². The molecule has 2 aromatic carbocycles. The highest BCUT2D eigenvalue weighted by Crippen LogP contribution is 2.30. The number of aromatic nitrogens is 2. The number of methoxy groups -OCH3 is 1. The highest BCUT2D eigenvalue weighted by atomic mass is 32.2. The maximum Gasteiger partial charge on any atom is 0.255 e. The summed E-state index contributed by atoms with van der Waals surface area (Å²) in [5.41, 5.74) is 1.51. The zero-order valence-electron chi connectivity index (χ0n) is 16.9. The van der Waals surface area contributed by atoms with Gasteiger partial charge < -0.3 is 14.8 Å². The Hall–Kier alpha value is -3.21. The predicted octanol–water partition coefficient (Wildman–Crippen LogP) is 2.15. The molecule has 1 aliphatic rings. The molecule has 9 nitrogen and oxygen atoms in total. The number of carbonyl (C=O) groups excluding carboxylic acids is 1. The second-order valence-corrected chi connectivity index (χ2v) is 8.74. The maximum absolute atomic E-state index is 13.1. The van der Waals surface area contributed by atoms with E-state index in [1.165, 1.54) is 23.5 Å². The van der Waals surface area contributed by atoms with E-state index in [2.05, 4.69) is 10.4 Å². The molecule has 0 saturated carbocycles. The van der Waals surface area contributed by atoms with E-state index >= 15 is 0 Å². The average Bonchev–Trinajstić information content (AvgIpc) is 3.35. The van der Waals surface area contributed by atoms with Crippen LogP contribution in [0.15, 0.2) is 65.8 Å². The smallest absolute Gasteiger partial charge is 0.255 e. The van der Waals surface area contributed by atoms with Gasteiger partial charge in [0.25, 0.3) is 5.91 Å². The third kappa shape index (κ3) is 4.46. The van der Waals surface area contributed by atoms with Gasteiger partial charge in [0.05, 0.1) is 26.0 Å². The van der Waals surface area contributed by atoms with Gasteiger partial charge in [0, 0.05) is 36.7 Å². The number of sulfonamides is 1. The molecule has 1 amide bonds. The summed E-state index contributed by atoms with van der Waals surface area (Å²) in [7, 11) is -2.39. The zero-order valence-corrected chi connectivity index (χ0v) is 17.7. The van der Waals surface area contributed by atoms with Gasteiger partial charge in [0.1, 0.15) is 10.6 Å². The van der Waals surface area contributed by atoms with Crippen LogP contribution in [0.25, 0.3) is 5.69 Å². The molecule has 1 aromatic heterocycles. The van der Waals surface area contributed by atoms with Gasteiger partial charge in [-0.15, -0.1) is 0 Å². The van der Waals surface area contributed by atoms with E-state index in [0.717, 1.165) is 5.69 Å². The van der Waals surface area contributed by atoms with E-state index < -0.39 is 10.0 Å². The molecule has 0 radical (unpaired) electrons. The van der Waals surface area contributed by atoms with Crippen LogP contribution in [0, 0.1) is 0 Å². The number of benzene rings is 2. The third-order valence-corrected chi connectivity index (χ3v) is 6.81. The first-order valence-corrected chi connectivity index (χ1v) is 11.1. The van der Waals surface area contributed by atoms with Gasteiger partial charge >= 0.3 is 0 Å². The van der Waals surface area contributed by atoms with Gasteiger partial charge in [0.15, 0.2) is 0 Å². The Bertz CT molecular complexity index is 1170. The quantitative estimate of drug-likeness (QED) is 0.628. The van der Waals surface area contributed by atoms with E-state index in [4.69, 9.17) is 9.47 Å². The molecule has 2 heterocycles. The summed E-state index contributed by atoms with van der Waals surface area (Å²) < 4.78 is 39.8. The number of morpholine rings is 1. The summed E-state index contributed by atoms with van der Waals surface area (Å²) in [6.07, 6.45) is 3.43. The van der Waals surface area contributed by atoms with Gasteiger partial charge in [-0.05, 0) is 42.5 Å². The number of hydrogen-bond donors (Lipinski definition) is 1. The Morgan fingerprint density at radius 1 is 1.13 bits per heavy atom. The van der Waals surface area contributed by atoms with Crippen LogP contribution in [0.3, 0.4) is 0 Å². The Morgan fingerprint density at radius 2 is 1.94 bits per heavy atom. The van der Waals surface area contributed by atoms with Crippen molar-refractivity contribution in [2.45, 2.75) is 4.90 Å². The summed E-state index contributed by atoms with van der Waals surface area (Å²) >= 11 is 0. The van der Waals surface area contributed by atoms with Crippen LogP contribution in [-0.4, -0.2) is 61.8 Å². The highest BCUT2D eigenvalue weighted by molar-refractivity contribution is 7.89. The summed E-state index contributed by atoms with van der Waals surface area (Å²) in [5.74, 6) is -0.154. The molecule has 0 aliphatic carbocycles. The van der Waals surface area contributed by atoms with Gasteiger partial charge in [-0.2, -0.15) is 9.40 Å². The summed E-state index contributed by atoms with van der Waals surface area (Å²) in [5, 5.41) is 6.93. The molecule has 1 N–H and O–H groups in total. The minimum absolute atomic E-state index is 0.00000757. The molecular formula is C21H22N4O5S. The first kappa shape index (κ1) is 21.0. The van der Waals surface area contributed by atoms with Gasteiger partial charge in [0.2, 0.25) is 10.0 Å². The van der Waals surface area contributed by atoms with Crippen molar-refractivity contribution in [3.05, 3.63) is 66.5 Å². The normalized spacial score (nSPS) is 14.9. The second-order valence-electron chi connectivity index (χ2n) is 6.84. The van der Waals surface area contributed by atoms with Crippen molar-refractivity contribution in [3.63, 3.8) is 0 Å². The Labute approximate surface area is 180 Å². The molecule has 0 bridgehead atoms. The number of rotatable bonds is 6. The third-order valence-electron chi connectivity index (χ3n) is 4.89. The first-order valence-electron chi connectivity index (χ1n) is 9.66. The molecule has 0 spiro atoms. The number of ether oxygens (including phenoxy) is 2. The molecule has 3 aromatic rings. The number of anilines is 1.